The predicted octanol–water partition coefficient (Wildman–Crippen LogP) is 3.98. The Morgan fingerprint density at radius 1 is 1.04 bits per heavy atom. The highest BCUT2D eigenvalue weighted by Crippen LogP contribution is 2.18. The van der Waals surface area contributed by atoms with Crippen LogP contribution in [0.5, 0.6) is 0 Å². The summed E-state index contributed by atoms with van der Waals surface area (Å²) >= 11 is 0. The Hall–Kier alpha value is -2.88. The summed E-state index contributed by atoms with van der Waals surface area (Å²) in [7, 11) is 0. The number of carbonyl (C=O) groups excluding carboxylic acids is 1. The fourth-order valence-corrected chi connectivity index (χ4v) is 2.64. The van der Waals surface area contributed by atoms with Crippen molar-refractivity contribution in [2.75, 3.05) is 5.32 Å². The first-order chi connectivity index (χ1) is 11.5. The molecule has 0 spiro atoms. The number of hydrogen-bond donors (Lipinski definition) is 1. The average molecular weight is 319 g/mol. The maximum atomic E-state index is 12.4. The number of benzene rings is 2. The van der Waals surface area contributed by atoms with Crippen LogP contribution in [0.4, 0.5) is 5.82 Å². The Morgan fingerprint density at radius 3 is 2.46 bits per heavy atom. The predicted molar refractivity (Wildman–Crippen MR) is 96.6 cm³/mol. The summed E-state index contributed by atoms with van der Waals surface area (Å²) in [5.74, 6) is 0.646. The van der Waals surface area contributed by atoms with Gasteiger partial charge in [0.25, 0.3) is 0 Å². The van der Waals surface area contributed by atoms with Gasteiger partial charge in [-0.1, -0.05) is 42.0 Å². The number of carbonyl (C=O) groups is 1. The van der Waals surface area contributed by atoms with Crippen molar-refractivity contribution in [1.29, 1.82) is 0 Å². The van der Waals surface area contributed by atoms with Crippen molar-refractivity contribution < 1.29 is 4.79 Å². The van der Waals surface area contributed by atoms with Gasteiger partial charge in [-0.2, -0.15) is 5.10 Å². The molecule has 0 aliphatic heterocycles. The Kier molecular flexibility index (Phi) is 4.47. The lowest BCUT2D eigenvalue weighted by Crippen LogP contribution is -2.17. The van der Waals surface area contributed by atoms with E-state index in [4.69, 9.17) is 0 Å². The van der Waals surface area contributed by atoms with Gasteiger partial charge in [0.2, 0.25) is 5.91 Å². The van der Waals surface area contributed by atoms with Gasteiger partial charge in [-0.3, -0.25) is 4.79 Å². The third-order valence-corrected chi connectivity index (χ3v) is 3.99. The molecule has 122 valence electrons. The second kappa shape index (κ2) is 6.71. The molecule has 0 atom stereocenters. The molecule has 1 N–H and O–H groups in total. The van der Waals surface area contributed by atoms with E-state index < -0.39 is 0 Å². The average Bonchev–Trinajstić information content (AvgIpc) is 2.90. The summed E-state index contributed by atoms with van der Waals surface area (Å²) in [6.07, 6.45) is 0.352. The van der Waals surface area contributed by atoms with Gasteiger partial charge in [0.05, 0.1) is 17.8 Å². The molecule has 0 saturated heterocycles. The van der Waals surface area contributed by atoms with E-state index in [9.17, 15) is 4.79 Å². The van der Waals surface area contributed by atoms with Crippen LogP contribution in [0, 0.1) is 20.8 Å². The standard InChI is InChI=1S/C20H21N3O/c1-14-8-10-18(11-9-14)23-19(12-16(3)22-23)21-20(24)13-17-7-5-4-6-15(17)2/h4-12H,13H2,1-3H3,(H,21,24). The minimum Gasteiger partial charge on any atom is -0.310 e. The molecule has 0 saturated carbocycles. The zero-order valence-corrected chi connectivity index (χ0v) is 14.2. The zero-order chi connectivity index (χ0) is 17.1. The van der Waals surface area contributed by atoms with Gasteiger partial charge < -0.3 is 5.32 Å². The van der Waals surface area contributed by atoms with Crippen molar-refractivity contribution in [3.63, 3.8) is 0 Å². The van der Waals surface area contributed by atoms with Gasteiger partial charge in [-0.25, -0.2) is 4.68 Å². The summed E-state index contributed by atoms with van der Waals surface area (Å²) < 4.78 is 1.77. The Bertz CT molecular complexity index is 863. The molecule has 2 aromatic carbocycles. The van der Waals surface area contributed by atoms with Gasteiger partial charge in [0.1, 0.15) is 5.82 Å². The second-order valence-electron chi connectivity index (χ2n) is 6.07. The fourth-order valence-electron chi connectivity index (χ4n) is 2.64. The van der Waals surface area contributed by atoms with Crippen LogP contribution < -0.4 is 5.32 Å². The van der Waals surface area contributed by atoms with Crippen molar-refractivity contribution in [2.45, 2.75) is 27.2 Å². The molecule has 3 aromatic rings. The van der Waals surface area contributed by atoms with Gasteiger partial charge in [-0.15, -0.1) is 0 Å². The SMILES string of the molecule is Cc1ccc(-n2nc(C)cc2NC(=O)Cc2ccccc2C)cc1. The van der Waals surface area contributed by atoms with Crippen LogP contribution >= 0.6 is 0 Å². The minimum atomic E-state index is -0.0439. The number of nitrogens with zero attached hydrogens (tertiary/aromatic N) is 2. The summed E-state index contributed by atoms with van der Waals surface area (Å²) in [6, 6.07) is 17.9. The molecule has 0 fully saturated rings. The largest absolute Gasteiger partial charge is 0.310 e. The number of aryl methyl sites for hydroxylation is 3. The van der Waals surface area contributed by atoms with Crippen LogP contribution in [0.3, 0.4) is 0 Å². The third-order valence-electron chi connectivity index (χ3n) is 3.99. The van der Waals surface area contributed by atoms with E-state index in [-0.39, 0.29) is 5.91 Å². The lowest BCUT2D eigenvalue weighted by molar-refractivity contribution is -0.115. The first-order valence-electron chi connectivity index (χ1n) is 8.01. The van der Waals surface area contributed by atoms with E-state index >= 15 is 0 Å². The van der Waals surface area contributed by atoms with Gasteiger partial charge in [0, 0.05) is 6.07 Å². The smallest absolute Gasteiger partial charge is 0.229 e. The molecule has 24 heavy (non-hydrogen) atoms. The molecule has 1 heterocycles. The quantitative estimate of drug-likeness (QED) is 0.790. The van der Waals surface area contributed by atoms with E-state index in [0.29, 0.717) is 12.2 Å². The highest BCUT2D eigenvalue weighted by molar-refractivity contribution is 5.92. The van der Waals surface area contributed by atoms with Gasteiger partial charge in [-0.05, 0) is 44.0 Å². The minimum absolute atomic E-state index is 0.0439. The molecule has 0 radical (unpaired) electrons. The lowest BCUT2D eigenvalue weighted by atomic mass is 10.1. The van der Waals surface area contributed by atoms with E-state index in [1.807, 2.05) is 75.4 Å². The topological polar surface area (TPSA) is 46.9 Å². The Balaban J connectivity index is 1.81. The van der Waals surface area contributed by atoms with Crippen LogP contribution in [-0.2, 0) is 11.2 Å². The van der Waals surface area contributed by atoms with E-state index in [2.05, 4.69) is 10.4 Å². The van der Waals surface area contributed by atoms with E-state index in [1.54, 1.807) is 4.68 Å². The molecular formula is C20H21N3O. The summed E-state index contributed by atoms with van der Waals surface area (Å²) in [6.45, 7) is 5.98. The van der Waals surface area contributed by atoms with Crippen LogP contribution in [0.25, 0.3) is 5.69 Å². The maximum absolute atomic E-state index is 12.4. The van der Waals surface area contributed by atoms with Crippen LogP contribution in [0.15, 0.2) is 54.6 Å². The second-order valence-corrected chi connectivity index (χ2v) is 6.07. The normalized spacial score (nSPS) is 10.6. The number of nitrogens with one attached hydrogen (secondary N) is 1. The van der Waals surface area contributed by atoms with Crippen molar-refractivity contribution in [3.8, 4) is 5.69 Å². The number of rotatable bonds is 4. The molecular weight excluding hydrogens is 298 g/mol. The number of amides is 1. The van der Waals surface area contributed by atoms with Crippen molar-refractivity contribution in [1.82, 2.24) is 9.78 Å². The zero-order valence-electron chi connectivity index (χ0n) is 14.2. The first-order valence-corrected chi connectivity index (χ1v) is 8.01. The molecule has 1 aromatic heterocycles. The van der Waals surface area contributed by atoms with Crippen LogP contribution in [-0.4, -0.2) is 15.7 Å². The number of anilines is 1. The summed E-state index contributed by atoms with van der Waals surface area (Å²) in [5, 5.41) is 7.47. The molecule has 0 bridgehead atoms. The van der Waals surface area contributed by atoms with Crippen molar-refractivity contribution in [3.05, 3.63) is 77.0 Å². The van der Waals surface area contributed by atoms with E-state index in [1.165, 1.54) is 5.56 Å². The van der Waals surface area contributed by atoms with Crippen LogP contribution in [0.2, 0.25) is 0 Å². The highest BCUT2D eigenvalue weighted by Gasteiger charge is 2.12. The van der Waals surface area contributed by atoms with E-state index in [0.717, 1.165) is 22.5 Å². The molecule has 0 aliphatic rings. The Morgan fingerprint density at radius 2 is 1.75 bits per heavy atom. The maximum Gasteiger partial charge on any atom is 0.229 e. The van der Waals surface area contributed by atoms with Gasteiger partial charge in [0.15, 0.2) is 0 Å². The summed E-state index contributed by atoms with van der Waals surface area (Å²) in [5.41, 5.74) is 5.14. The molecule has 4 heteroatoms. The molecule has 0 aliphatic carbocycles. The molecule has 0 unspecified atom stereocenters. The van der Waals surface area contributed by atoms with Crippen molar-refractivity contribution >= 4 is 11.7 Å². The van der Waals surface area contributed by atoms with Crippen LogP contribution in [0.1, 0.15) is 22.4 Å². The highest BCUT2D eigenvalue weighted by atomic mass is 16.1. The first kappa shape index (κ1) is 16.0. The molecule has 1 amide bonds. The van der Waals surface area contributed by atoms with Crippen molar-refractivity contribution in [2.24, 2.45) is 0 Å². The Labute approximate surface area is 142 Å². The molecule has 3 rings (SSSR count). The number of hydrogen-bond acceptors (Lipinski definition) is 2. The lowest BCUT2D eigenvalue weighted by Gasteiger charge is -2.10. The number of aromatic nitrogens is 2. The fraction of sp³-hybridized carbons (Fsp3) is 0.200. The summed E-state index contributed by atoms with van der Waals surface area (Å²) in [4.78, 5) is 12.4. The third kappa shape index (κ3) is 3.54. The monoisotopic (exact) mass is 319 g/mol. The molecule has 4 nitrogen and oxygen atoms in total. The van der Waals surface area contributed by atoms with Gasteiger partial charge >= 0.3 is 0 Å².